The first-order valence-corrected chi connectivity index (χ1v) is 11.2. The third-order valence-electron chi connectivity index (χ3n) is 4.23. The summed E-state index contributed by atoms with van der Waals surface area (Å²) in [5.41, 5.74) is -0.0586. The standard InChI is InChI=1S/C16H16N6O5S2/c1-26-10-9-12(22-4-7-29(24,25)8-5-22)18-19-13(10)14(23)17-16-21-20-15(27-16)11-3-2-6-28-11/h2-3,6,9H,4-5,7-8H2,1H3,(H,17,21,23). The predicted octanol–water partition coefficient (Wildman–Crippen LogP) is 1.08. The summed E-state index contributed by atoms with van der Waals surface area (Å²) < 4.78 is 33.9. The van der Waals surface area contributed by atoms with Gasteiger partial charge in [-0.2, -0.15) is 0 Å². The Labute approximate surface area is 169 Å². The molecule has 13 heteroatoms. The van der Waals surface area contributed by atoms with Crippen LogP contribution in [0.15, 0.2) is 28.0 Å². The molecule has 0 saturated carbocycles. The maximum absolute atomic E-state index is 12.6. The number of hydrogen-bond donors (Lipinski definition) is 1. The molecule has 4 rings (SSSR count). The van der Waals surface area contributed by atoms with E-state index >= 15 is 0 Å². The third kappa shape index (κ3) is 4.19. The van der Waals surface area contributed by atoms with Gasteiger partial charge in [0.25, 0.3) is 11.8 Å². The number of ether oxygens (including phenoxy) is 1. The SMILES string of the molecule is COc1cc(N2CCS(=O)(=O)CC2)nnc1C(=O)Nc1nnc(-c2cccs2)o1. The fraction of sp³-hybridized carbons (Fsp3) is 0.312. The van der Waals surface area contributed by atoms with Gasteiger partial charge in [0, 0.05) is 19.2 Å². The molecule has 0 aromatic carbocycles. The molecular formula is C16H16N6O5S2. The van der Waals surface area contributed by atoms with Crippen LogP contribution in [0, 0.1) is 0 Å². The van der Waals surface area contributed by atoms with Gasteiger partial charge in [0.05, 0.1) is 23.5 Å². The number of methoxy groups -OCH3 is 1. The van der Waals surface area contributed by atoms with Crippen molar-refractivity contribution in [2.24, 2.45) is 0 Å². The Morgan fingerprint density at radius 2 is 2.03 bits per heavy atom. The first kappa shape index (κ1) is 19.3. The van der Waals surface area contributed by atoms with Crippen LogP contribution in [0.1, 0.15) is 10.5 Å². The molecule has 0 radical (unpaired) electrons. The molecule has 0 spiro atoms. The van der Waals surface area contributed by atoms with Gasteiger partial charge in [-0.3, -0.25) is 10.1 Å². The van der Waals surface area contributed by atoms with Crippen LogP contribution < -0.4 is 15.0 Å². The summed E-state index contributed by atoms with van der Waals surface area (Å²) in [6.07, 6.45) is 0. The number of sulfone groups is 1. The maximum Gasteiger partial charge on any atom is 0.322 e. The number of carbonyl (C=O) groups excluding carboxylic acids is 1. The molecule has 1 aliphatic heterocycles. The summed E-state index contributed by atoms with van der Waals surface area (Å²) in [4.78, 5) is 15.1. The van der Waals surface area contributed by atoms with Crippen molar-refractivity contribution in [3.05, 3.63) is 29.3 Å². The normalized spacial score (nSPS) is 15.8. The van der Waals surface area contributed by atoms with Crippen LogP contribution in [0.3, 0.4) is 0 Å². The fourth-order valence-corrected chi connectivity index (χ4v) is 4.55. The Morgan fingerprint density at radius 1 is 1.24 bits per heavy atom. The number of nitrogens with one attached hydrogen (secondary N) is 1. The van der Waals surface area contributed by atoms with E-state index < -0.39 is 15.7 Å². The highest BCUT2D eigenvalue weighted by atomic mass is 32.2. The number of carbonyl (C=O) groups is 1. The molecule has 1 saturated heterocycles. The molecule has 29 heavy (non-hydrogen) atoms. The van der Waals surface area contributed by atoms with Crippen LogP contribution in [-0.4, -0.2) is 66.4 Å². The van der Waals surface area contributed by atoms with E-state index in [-0.39, 0.29) is 29.0 Å². The summed E-state index contributed by atoms with van der Waals surface area (Å²) in [5.74, 6) is 0.392. The van der Waals surface area contributed by atoms with Crippen molar-refractivity contribution >= 4 is 38.9 Å². The number of thiophene rings is 1. The summed E-state index contributed by atoms with van der Waals surface area (Å²) in [6, 6.07) is 5.14. The summed E-state index contributed by atoms with van der Waals surface area (Å²) in [6.45, 7) is 0.610. The minimum absolute atomic E-state index is 0.0446. The smallest absolute Gasteiger partial charge is 0.322 e. The van der Waals surface area contributed by atoms with Crippen molar-refractivity contribution in [3.8, 4) is 16.5 Å². The highest BCUT2D eigenvalue weighted by molar-refractivity contribution is 7.91. The number of anilines is 2. The van der Waals surface area contributed by atoms with Crippen LogP contribution in [0.25, 0.3) is 10.8 Å². The first-order chi connectivity index (χ1) is 13.9. The molecule has 11 nitrogen and oxygen atoms in total. The number of aromatic nitrogens is 4. The molecule has 1 amide bonds. The van der Waals surface area contributed by atoms with Gasteiger partial charge in [-0.1, -0.05) is 11.2 Å². The van der Waals surface area contributed by atoms with Gasteiger partial charge in [-0.15, -0.1) is 26.6 Å². The van der Waals surface area contributed by atoms with E-state index in [0.29, 0.717) is 24.8 Å². The minimum Gasteiger partial charge on any atom is -0.494 e. The molecule has 4 heterocycles. The molecule has 3 aromatic heterocycles. The Bertz CT molecular complexity index is 1110. The van der Waals surface area contributed by atoms with E-state index in [4.69, 9.17) is 9.15 Å². The second-order valence-corrected chi connectivity index (χ2v) is 9.35. The Balaban J connectivity index is 1.50. The topological polar surface area (TPSA) is 140 Å². The maximum atomic E-state index is 12.6. The van der Waals surface area contributed by atoms with Gasteiger partial charge in [-0.25, -0.2) is 8.42 Å². The Hall–Kier alpha value is -3.06. The summed E-state index contributed by atoms with van der Waals surface area (Å²) in [5, 5.41) is 20.0. The molecule has 0 atom stereocenters. The van der Waals surface area contributed by atoms with E-state index in [1.54, 1.807) is 11.0 Å². The Kier molecular flexibility index (Phi) is 5.15. The lowest BCUT2D eigenvalue weighted by atomic mass is 10.3. The van der Waals surface area contributed by atoms with E-state index in [1.165, 1.54) is 18.4 Å². The molecule has 1 aliphatic rings. The number of hydrogen-bond acceptors (Lipinski definition) is 11. The lowest BCUT2D eigenvalue weighted by Gasteiger charge is -2.27. The summed E-state index contributed by atoms with van der Waals surface area (Å²) in [7, 11) is -1.62. The highest BCUT2D eigenvalue weighted by Crippen LogP contribution is 2.26. The zero-order chi connectivity index (χ0) is 20.4. The third-order valence-corrected chi connectivity index (χ3v) is 6.69. The van der Waals surface area contributed by atoms with Crippen molar-refractivity contribution in [1.82, 2.24) is 20.4 Å². The number of amides is 1. The van der Waals surface area contributed by atoms with E-state index in [2.05, 4.69) is 25.7 Å². The molecule has 1 fully saturated rings. The van der Waals surface area contributed by atoms with Crippen molar-refractivity contribution in [1.29, 1.82) is 0 Å². The van der Waals surface area contributed by atoms with Crippen molar-refractivity contribution < 1.29 is 22.4 Å². The zero-order valence-electron chi connectivity index (χ0n) is 15.2. The molecule has 1 N–H and O–H groups in total. The molecular weight excluding hydrogens is 420 g/mol. The number of nitrogens with zero attached hydrogens (tertiary/aromatic N) is 5. The van der Waals surface area contributed by atoms with Crippen LogP contribution >= 0.6 is 11.3 Å². The fourth-order valence-electron chi connectivity index (χ4n) is 2.70. The minimum atomic E-state index is -3.02. The van der Waals surface area contributed by atoms with Crippen LogP contribution in [0.5, 0.6) is 5.75 Å². The molecule has 152 valence electrons. The van der Waals surface area contributed by atoms with E-state index in [0.717, 1.165) is 4.88 Å². The second kappa shape index (κ2) is 7.75. The van der Waals surface area contributed by atoms with Gasteiger partial charge in [0.1, 0.15) is 0 Å². The zero-order valence-corrected chi connectivity index (χ0v) is 16.9. The van der Waals surface area contributed by atoms with E-state index in [1.807, 2.05) is 17.5 Å². The quantitative estimate of drug-likeness (QED) is 0.618. The Morgan fingerprint density at radius 3 is 2.72 bits per heavy atom. The largest absolute Gasteiger partial charge is 0.494 e. The average Bonchev–Trinajstić information content (AvgIpc) is 3.39. The lowest BCUT2D eigenvalue weighted by molar-refractivity contribution is 0.101. The molecule has 0 aliphatic carbocycles. The highest BCUT2D eigenvalue weighted by Gasteiger charge is 2.25. The lowest BCUT2D eigenvalue weighted by Crippen LogP contribution is -2.40. The van der Waals surface area contributed by atoms with Gasteiger partial charge in [-0.05, 0) is 11.4 Å². The van der Waals surface area contributed by atoms with Crippen LogP contribution in [0.4, 0.5) is 11.8 Å². The van der Waals surface area contributed by atoms with Gasteiger partial charge in [0.15, 0.2) is 27.1 Å². The van der Waals surface area contributed by atoms with Gasteiger partial charge in [0.2, 0.25) is 0 Å². The molecule has 3 aromatic rings. The van der Waals surface area contributed by atoms with Crippen LogP contribution in [-0.2, 0) is 9.84 Å². The molecule has 0 unspecified atom stereocenters. The van der Waals surface area contributed by atoms with Gasteiger partial charge < -0.3 is 14.1 Å². The van der Waals surface area contributed by atoms with E-state index in [9.17, 15) is 13.2 Å². The van der Waals surface area contributed by atoms with Crippen LogP contribution in [0.2, 0.25) is 0 Å². The molecule has 0 bridgehead atoms. The van der Waals surface area contributed by atoms with Crippen molar-refractivity contribution in [2.45, 2.75) is 0 Å². The van der Waals surface area contributed by atoms with Gasteiger partial charge >= 0.3 is 6.01 Å². The monoisotopic (exact) mass is 436 g/mol. The second-order valence-electron chi connectivity index (χ2n) is 6.10. The van der Waals surface area contributed by atoms with Crippen molar-refractivity contribution in [3.63, 3.8) is 0 Å². The predicted molar refractivity (Wildman–Crippen MR) is 105 cm³/mol. The first-order valence-electron chi connectivity index (χ1n) is 8.51. The number of rotatable bonds is 5. The average molecular weight is 436 g/mol. The summed E-state index contributed by atoms with van der Waals surface area (Å²) >= 11 is 1.43. The van der Waals surface area contributed by atoms with Crippen molar-refractivity contribution in [2.75, 3.05) is 41.9 Å².